The highest BCUT2D eigenvalue weighted by Gasteiger charge is 2.15. The fourth-order valence-electron chi connectivity index (χ4n) is 1.67. The van der Waals surface area contributed by atoms with Gasteiger partial charge in [0.25, 0.3) is 0 Å². The van der Waals surface area contributed by atoms with E-state index in [9.17, 15) is 4.79 Å². The maximum absolute atomic E-state index is 11.5. The van der Waals surface area contributed by atoms with Gasteiger partial charge in [-0.15, -0.1) is 0 Å². The van der Waals surface area contributed by atoms with Gasteiger partial charge >= 0.3 is 6.09 Å². The van der Waals surface area contributed by atoms with E-state index in [0.29, 0.717) is 12.5 Å². The van der Waals surface area contributed by atoms with Crippen molar-refractivity contribution < 1.29 is 9.53 Å². The van der Waals surface area contributed by atoms with Crippen LogP contribution in [0.25, 0.3) is 11.0 Å². The van der Waals surface area contributed by atoms with Crippen LogP contribution in [-0.2, 0) is 11.3 Å². The number of aromatic amines is 1. The molecule has 1 heterocycles. The molecule has 4 N–H and O–H groups in total. The number of carbonyl (C=O) groups is 1. The second-order valence-corrected chi connectivity index (χ2v) is 5.33. The molecule has 1 aromatic carbocycles. The molecule has 1 aromatic heterocycles. The number of hydrogen-bond donors (Lipinski definition) is 3. The van der Waals surface area contributed by atoms with Crippen LogP contribution in [-0.4, -0.2) is 21.7 Å². The predicted octanol–water partition coefficient (Wildman–Crippen LogP) is 2.17. The number of benzene rings is 1. The number of nitrogens with two attached hydrogens (primary N) is 1. The van der Waals surface area contributed by atoms with E-state index in [-0.39, 0.29) is 0 Å². The minimum atomic E-state index is -0.494. The molecule has 0 spiro atoms. The molecular weight excluding hydrogens is 244 g/mol. The zero-order valence-corrected chi connectivity index (χ0v) is 11.3. The topological polar surface area (TPSA) is 93.0 Å². The summed E-state index contributed by atoms with van der Waals surface area (Å²) < 4.78 is 5.16. The minimum absolute atomic E-state index is 0.382. The Morgan fingerprint density at radius 2 is 2.21 bits per heavy atom. The summed E-state index contributed by atoms with van der Waals surface area (Å²) in [6, 6.07) is 5.64. The summed E-state index contributed by atoms with van der Waals surface area (Å²) in [4.78, 5) is 18.6. The number of alkyl carbamates (subject to hydrolysis) is 1. The number of nitrogen functional groups attached to an aromatic ring is 1. The molecule has 1 amide bonds. The van der Waals surface area contributed by atoms with Crippen LogP contribution in [0.3, 0.4) is 0 Å². The number of rotatable bonds is 2. The van der Waals surface area contributed by atoms with Crippen LogP contribution in [0.2, 0.25) is 0 Å². The normalized spacial score (nSPS) is 11.5. The molecule has 2 rings (SSSR count). The molecule has 102 valence electrons. The third-order valence-corrected chi connectivity index (χ3v) is 2.40. The first kappa shape index (κ1) is 13.2. The van der Waals surface area contributed by atoms with E-state index in [1.54, 1.807) is 0 Å². The summed E-state index contributed by atoms with van der Waals surface area (Å²) in [6.07, 6.45) is -0.434. The predicted molar refractivity (Wildman–Crippen MR) is 73.6 cm³/mol. The van der Waals surface area contributed by atoms with Crippen LogP contribution >= 0.6 is 0 Å². The lowest BCUT2D eigenvalue weighted by Gasteiger charge is -2.19. The number of nitrogens with zero attached hydrogens (tertiary/aromatic N) is 1. The number of fused-ring (bicyclic) bond motifs is 1. The molecule has 2 aromatic rings. The van der Waals surface area contributed by atoms with E-state index in [1.165, 1.54) is 0 Å². The molecule has 0 unspecified atom stereocenters. The van der Waals surface area contributed by atoms with E-state index >= 15 is 0 Å². The highest BCUT2D eigenvalue weighted by Crippen LogP contribution is 2.14. The molecule has 19 heavy (non-hydrogen) atoms. The maximum atomic E-state index is 11.5. The molecule has 0 fully saturated rings. The largest absolute Gasteiger partial charge is 0.444 e. The van der Waals surface area contributed by atoms with Crippen molar-refractivity contribution in [3.8, 4) is 0 Å². The summed E-state index contributed by atoms with van der Waals surface area (Å²) in [5.41, 5.74) is 7.68. The standard InChI is InChI=1S/C13H18N4O2/c1-13(2,3)19-12(18)15-7-8-4-5-9-10(6-8)17-11(14)16-9/h4-6H,7H2,1-3H3,(H,15,18)(H3,14,16,17). The Morgan fingerprint density at radius 1 is 1.47 bits per heavy atom. The fraction of sp³-hybridized carbons (Fsp3) is 0.385. The Labute approximate surface area is 111 Å². The quantitative estimate of drug-likeness (QED) is 0.773. The molecular formula is C13H18N4O2. The van der Waals surface area contributed by atoms with Crippen molar-refractivity contribution in [2.75, 3.05) is 5.73 Å². The van der Waals surface area contributed by atoms with Crippen molar-refractivity contribution in [3.05, 3.63) is 23.8 Å². The number of imidazole rings is 1. The van der Waals surface area contributed by atoms with Crippen LogP contribution in [0, 0.1) is 0 Å². The van der Waals surface area contributed by atoms with Crippen molar-refractivity contribution in [2.24, 2.45) is 0 Å². The van der Waals surface area contributed by atoms with Crippen molar-refractivity contribution >= 4 is 23.1 Å². The van der Waals surface area contributed by atoms with E-state index < -0.39 is 11.7 Å². The second kappa shape index (κ2) is 4.79. The van der Waals surface area contributed by atoms with Gasteiger partial charge in [-0.05, 0) is 38.5 Å². The summed E-state index contributed by atoms with van der Waals surface area (Å²) in [5, 5.41) is 2.70. The zero-order chi connectivity index (χ0) is 14.0. The summed E-state index contributed by atoms with van der Waals surface area (Å²) in [6.45, 7) is 5.87. The molecule has 6 heteroatoms. The van der Waals surface area contributed by atoms with Crippen LogP contribution < -0.4 is 11.1 Å². The van der Waals surface area contributed by atoms with E-state index in [1.807, 2.05) is 39.0 Å². The Morgan fingerprint density at radius 3 is 2.89 bits per heavy atom. The monoisotopic (exact) mass is 262 g/mol. The number of amides is 1. The molecule has 0 aliphatic rings. The lowest BCUT2D eigenvalue weighted by molar-refractivity contribution is 0.0523. The van der Waals surface area contributed by atoms with Crippen molar-refractivity contribution in [1.29, 1.82) is 0 Å². The second-order valence-electron chi connectivity index (χ2n) is 5.33. The van der Waals surface area contributed by atoms with Gasteiger partial charge in [0.05, 0.1) is 11.0 Å². The number of hydrogen-bond acceptors (Lipinski definition) is 4. The van der Waals surface area contributed by atoms with Gasteiger partial charge in [0.1, 0.15) is 5.60 Å². The summed E-state index contributed by atoms with van der Waals surface area (Å²) in [5.74, 6) is 0.382. The van der Waals surface area contributed by atoms with Gasteiger partial charge < -0.3 is 20.8 Å². The molecule has 0 atom stereocenters. The Kier molecular flexibility index (Phi) is 3.33. The summed E-state index contributed by atoms with van der Waals surface area (Å²) in [7, 11) is 0. The SMILES string of the molecule is CC(C)(C)OC(=O)NCc1ccc2nc(N)[nH]c2c1. The van der Waals surface area contributed by atoms with E-state index in [2.05, 4.69) is 15.3 Å². The molecule has 0 saturated carbocycles. The molecule has 0 aliphatic carbocycles. The number of ether oxygens (including phenoxy) is 1. The number of nitrogens with one attached hydrogen (secondary N) is 2. The van der Waals surface area contributed by atoms with Gasteiger partial charge in [-0.25, -0.2) is 9.78 Å². The zero-order valence-electron chi connectivity index (χ0n) is 11.3. The van der Waals surface area contributed by atoms with Gasteiger partial charge in [0, 0.05) is 6.54 Å². The lowest BCUT2D eigenvalue weighted by Crippen LogP contribution is -2.32. The third-order valence-electron chi connectivity index (χ3n) is 2.40. The van der Waals surface area contributed by atoms with Crippen LogP contribution in [0.4, 0.5) is 10.7 Å². The highest BCUT2D eigenvalue weighted by molar-refractivity contribution is 5.78. The van der Waals surface area contributed by atoms with Gasteiger partial charge in [0.2, 0.25) is 0 Å². The van der Waals surface area contributed by atoms with E-state index in [0.717, 1.165) is 16.6 Å². The maximum Gasteiger partial charge on any atom is 0.407 e. The smallest absolute Gasteiger partial charge is 0.407 e. The Bertz CT molecular complexity index is 598. The fourth-order valence-corrected chi connectivity index (χ4v) is 1.67. The number of H-pyrrole nitrogens is 1. The van der Waals surface area contributed by atoms with Gasteiger partial charge in [-0.3, -0.25) is 0 Å². The Hall–Kier alpha value is -2.24. The van der Waals surface area contributed by atoms with Crippen molar-refractivity contribution in [1.82, 2.24) is 15.3 Å². The first-order chi connectivity index (χ1) is 8.83. The third kappa shape index (κ3) is 3.61. The minimum Gasteiger partial charge on any atom is -0.444 e. The van der Waals surface area contributed by atoms with Gasteiger partial charge in [0.15, 0.2) is 5.95 Å². The molecule has 0 radical (unpaired) electrons. The summed E-state index contributed by atoms with van der Waals surface area (Å²) >= 11 is 0. The highest BCUT2D eigenvalue weighted by atomic mass is 16.6. The first-order valence-electron chi connectivity index (χ1n) is 6.04. The van der Waals surface area contributed by atoms with Crippen LogP contribution in [0.5, 0.6) is 0 Å². The van der Waals surface area contributed by atoms with Gasteiger partial charge in [-0.1, -0.05) is 6.07 Å². The number of carbonyl (C=O) groups excluding carboxylic acids is 1. The van der Waals surface area contributed by atoms with Crippen LogP contribution in [0.15, 0.2) is 18.2 Å². The average Bonchev–Trinajstić information content (AvgIpc) is 2.63. The van der Waals surface area contributed by atoms with Gasteiger partial charge in [-0.2, -0.15) is 0 Å². The molecule has 0 bridgehead atoms. The van der Waals surface area contributed by atoms with Crippen molar-refractivity contribution in [3.63, 3.8) is 0 Å². The Balaban J connectivity index is 1.99. The lowest BCUT2D eigenvalue weighted by atomic mass is 10.2. The van der Waals surface area contributed by atoms with Crippen molar-refractivity contribution in [2.45, 2.75) is 32.9 Å². The number of anilines is 1. The molecule has 6 nitrogen and oxygen atoms in total. The molecule has 0 aliphatic heterocycles. The first-order valence-corrected chi connectivity index (χ1v) is 6.04. The molecule has 0 saturated heterocycles. The van der Waals surface area contributed by atoms with E-state index in [4.69, 9.17) is 10.5 Å². The van der Waals surface area contributed by atoms with Crippen LogP contribution in [0.1, 0.15) is 26.3 Å². The average molecular weight is 262 g/mol. The number of aromatic nitrogens is 2.